The van der Waals surface area contributed by atoms with E-state index >= 15 is 0 Å². The molecule has 1 aromatic carbocycles. The molecule has 0 atom stereocenters. The van der Waals surface area contributed by atoms with Crippen molar-refractivity contribution in [2.45, 2.75) is 19.8 Å². The molecule has 2 heteroatoms. The molecule has 0 amide bonds. The summed E-state index contributed by atoms with van der Waals surface area (Å²) in [6.45, 7) is 1.86. The number of hydrogen-bond donors (Lipinski definition) is 0. The van der Waals surface area contributed by atoms with E-state index in [9.17, 15) is 4.39 Å². The second-order valence-corrected chi connectivity index (χ2v) is 2.93. The zero-order valence-corrected chi connectivity index (χ0v) is 7.92. The van der Waals surface area contributed by atoms with Crippen LogP contribution in [0.15, 0.2) is 24.3 Å². The fourth-order valence-corrected chi connectivity index (χ4v) is 1.20. The van der Waals surface area contributed by atoms with Crippen LogP contribution >= 0.6 is 0 Å². The Labute approximate surface area is 78.5 Å². The third-order valence-corrected chi connectivity index (χ3v) is 1.81. The van der Waals surface area contributed by atoms with Crippen molar-refractivity contribution in [3.05, 3.63) is 29.8 Å². The molecule has 13 heavy (non-hydrogen) atoms. The van der Waals surface area contributed by atoms with E-state index in [4.69, 9.17) is 4.74 Å². The molecule has 0 spiro atoms. The van der Waals surface area contributed by atoms with Crippen molar-refractivity contribution in [3.63, 3.8) is 0 Å². The zero-order valence-electron chi connectivity index (χ0n) is 7.92. The molecular formula is C11H15FO. The topological polar surface area (TPSA) is 9.23 Å². The summed E-state index contributed by atoms with van der Waals surface area (Å²) >= 11 is 0. The lowest BCUT2D eigenvalue weighted by Gasteiger charge is -2.04. The van der Waals surface area contributed by atoms with Crippen LogP contribution in [0.1, 0.15) is 18.9 Å². The normalized spacial score (nSPS) is 10.0. The van der Waals surface area contributed by atoms with E-state index in [0.29, 0.717) is 0 Å². The summed E-state index contributed by atoms with van der Waals surface area (Å²) in [5.74, 6) is 0.748. The molecule has 0 radical (unpaired) electrons. The van der Waals surface area contributed by atoms with Crippen LogP contribution < -0.4 is 4.74 Å². The average Bonchev–Trinajstić information content (AvgIpc) is 2.17. The van der Waals surface area contributed by atoms with E-state index in [-0.39, 0.29) is 6.61 Å². The van der Waals surface area contributed by atoms with Crippen molar-refractivity contribution >= 4 is 0 Å². The molecule has 0 fully saturated rings. The van der Waals surface area contributed by atoms with Crippen LogP contribution in [0.25, 0.3) is 0 Å². The van der Waals surface area contributed by atoms with Gasteiger partial charge in [0.15, 0.2) is 0 Å². The van der Waals surface area contributed by atoms with Crippen molar-refractivity contribution in [2.75, 3.05) is 13.3 Å². The van der Waals surface area contributed by atoms with Gasteiger partial charge in [-0.3, -0.25) is 0 Å². The molecule has 0 heterocycles. The third kappa shape index (κ3) is 3.45. The second kappa shape index (κ2) is 5.57. The Morgan fingerprint density at radius 1 is 1.23 bits per heavy atom. The number of rotatable bonds is 5. The van der Waals surface area contributed by atoms with Gasteiger partial charge in [-0.2, -0.15) is 0 Å². The molecule has 0 saturated carbocycles. The molecule has 0 aromatic heterocycles. The number of alkyl halides is 1. The van der Waals surface area contributed by atoms with Crippen molar-refractivity contribution in [2.24, 2.45) is 0 Å². The highest BCUT2D eigenvalue weighted by Gasteiger charge is 1.94. The number of aryl methyl sites for hydroxylation is 1. The first kappa shape index (κ1) is 10.0. The van der Waals surface area contributed by atoms with E-state index in [2.05, 4.69) is 6.92 Å². The van der Waals surface area contributed by atoms with Gasteiger partial charge in [0.05, 0.1) is 0 Å². The van der Waals surface area contributed by atoms with E-state index in [1.54, 1.807) is 0 Å². The lowest BCUT2D eigenvalue weighted by Crippen LogP contribution is -1.98. The van der Waals surface area contributed by atoms with Crippen LogP contribution in [0.5, 0.6) is 5.75 Å². The van der Waals surface area contributed by atoms with E-state index in [0.717, 1.165) is 18.6 Å². The SMILES string of the molecule is CCCc1ccc(OCC[18F])cc1. The molecule has 0 aliphatic rings. The Bertz CT molecular complexity index is 230. The minimum atomic E-state index is -0.434. The summed E-state index contributed by atoms with van der Waals surface area (Å²) in [6, 6.07) is 7.83. The highest BCUT2D eigenvalue weighted by atomic mass is 18.2. The maximum atomic E-state index is 11.8. The van der Waals surface area contributed by atoms with Crippen LogP contribution in [-0.2, 0) is 6.42 Å². The smallest absolute Gasteiger partial charge is 0.123 e. The van der Waals surface area contributed by atoms with Crippen LogP contribution in [-0.4, -0.2) is 13.3 Å². The van der Waals surface area contributed by atoms with Gasteiger partial charge in [-0.25, -0.2) is 4.39 Å². The molecule has 0 saturated heterocycles. The minimum absolute atomic E-state index is 0.146. The Morgan fingerprint density at radius 2 is 1.92 bits per heavy atom. The molecule has 0 N–H and O–H groups in total. The van der Waals surface area contributed by atoms with Crippen molar-refractivity contribution in [1.82, 2.24) is 0 Å². The standard InChI is InChI=1S/C11H15FO/c1-2-3-10-4-6-11(7-5-10)13-9-8-12/h4-7H,2-3,8-9H2,1H3/i12-1. The second-order valence-electron chi connectivity index (χ2n) is 2.93. The molecule has 0 aliphatic heterocycles. The summed E-state index contributed by atoms with van der Waals surface area (Å²) in [6.07, 6.45) is 2.23. The third-order valence-electron chi connectivity index (χ3n) is 1.81. The van der Waals surface area contributed by atoms with Gasteiger partial charge in [0.25, 0.3) is 0 Å². The fraction of sp³-hybridized carbons (Fsp3) is 0.455. The molecule has 1 aromatic rings. The number of ether oxygens (including phenoxy) is 1. The average molecular weight is 181 g/mol. The van der Waals surface area contributed by atoms with Crippen LogP contribution in [0.3, 0.4) is 0 Å². The monoisotopic (exact) mass is 181 g/mol. The first-order chi connectivity index (χ1) is 6.36. The van der Waals surface area contributed by atoms with Crippen molar-refractivity contribution < 1.29 is 9.13 Å². The first-order valence-corrected chi connectivity index (χ1v) is 4.64. The highest BCUT2D eigenvalue weighted by Crippen LogP contribution is 2.12. The van der Waals surface area contributed by atoms with Gasteiger partial charge in [-0.15, -0.1) is 0 Å². The molecule has 0 bridgehead atoms. The zero-order chi connectivity index (χ0) is 9.52. The van der Waals surface area contributed by atoms with Gasteiger partial charge in [0.1, 0.15) is 19.0 Å². The van der Waals surface area contributed by atoms with Crippen molar-refractivity contribution in [1.29, 1.82) is 0 Å². The maximum Gasteiger partial charge on any atom is 0.123 e. The molecular weight excluding hydrogens is 166 g/mol. The predicted octanol–water partition coefficient (Wildman–Crippen LogP) is 2.99. The minimum Gasteiger partial charge on any atom is -0.491 e. The van der Waals surface area contributed by atoms with Crippen LogP contribution in [0, 0.1) is 0 Å². The van der Waals surface area contributed by atoms with Gasteiger partial charge in [-0.1, -0.05) is 25.5 Å². The molecule has 0 unspecified atom stereocenters. The van der Waals surface area contributed by atoms with Gasteiger partial charge in [0.2, 0.25) is 0 Å². The highest BCUT2D eigenvalue weighted by molar-refractivity contribution is 5.27. The summed E-state index contributed by atoms with van der Waals surface area (Å²) < 4.78 is 16.9. The summed E-state index contributed by atoms with van der Waals surface area (Å²) in [4.78, 5) is 0. The predicted molar refractivity (Wildman–Crippen MR) is 51.9 cm³/mol. The quantitative estimate of drug-likeness (QED) is 0.678. The lowest BCUT2D eigenvalue weighted by atomic mass is 10.1. The Balaban J connectivity index is 2.48. The van der Waals surface area contributed by atoms with Gasteiger partial charge in [-0.05, 0) is 24.1 Å². The maximum absolute atomic E-state index is 11.8. The molecule has 72 valence electrons. The Hall–Kier alpha value is -1.05. The fourth-order valence-electron chi connectivity index (χ4n) is 1.20. The summed E-state index contributed by atoms with van der Waals surface area (Å²) in [7, 11) is 0. The Kier molecular flexibility index (Phi) is 4.30. The molecule has 0 aliphatic carbocycles. The van der Waals surface area contributed by atoms with Crippen LogP contribution in [0.2, 0.25) is 0 Å². The van der Waals surface area contributed by atoms with Gasteiger partial charge < -0.3 is 4.74 Å². The van der Waals surface area contributed by atoms with Crippen molar-refractivity contribution in [3.8, 4) is 5.75 Å². The summed E-state index contributed by atoms with van der Waals surface area (Å²) in [5, 5.41) is 0. The first-order valence-electron chi connectivity index (χ1n) is 4.64. The Morgan fingerprint density at radius 3 is 2.46 bits per heavy atom. The molecule has 1 rings (SSSR count). The lowest BCUT2D eigenvalue weighted by molar-refractivity contribution is 0.273. The summed E-state index contributed by atoms with van der Waals surface area (Å²) in [5.41, 5.74) is 1.30. The van der Waals surface area contributed by atoms with E-state index in [1.165, 1.54) is 5.56 Å². The number of hydrogen-bond acceptors (Lipinski definition) is 1. The van der Waals surface area contributed by atoms with Gasteiger partial charge in [0, 0.05) is 0 Å². The van der Waals surface area contributed by atoms with E-state index < -0.39 is 6.67 Å². The number of benzene rings is 1. The largest absolute Gasteiger partial charge is 0.491 e. The van der Waals surface area contributed by atoms with Crippen LogP contribution in [0.4, 0.5) is 4.39 Å². The van der Waals surface area contributed by atoms with Gasteiger partial charge >= 0.3 is 0 Å². The number of halogens is 1. The van der Waals surface area contributed by atoms with E-state index in [1.807, 2.05) is 24.3 Å². The molecule has 1 nitrogen and oxygen atoms in total.